The molecule has 2 bridgehead atoms. The van der Waals surface area contributed by atoms with Crippen LogP contribution in [0.25, 0.3) is 10.8 Å². The van der Waals surface area contributed by atoms with Crippen LogP contribution in [0, 0.1) is 6.92 Å². The van der Waals surface area contributed by atoms with Gasteiger partial charge in [-0.25, -0.2) is 0 Å². The Kier molecular flexibility index (Phi) is 6.62. The van der Waals surface area contributed by atoms with Crippen LogP contribution >= 0.6 is 0 Å². The molecule has 2 aromatic carbocycles. The number of carbonyl (C=O) groups excluding carboxylic acids is 2. The van der Waals surface area contributed by atoms with Gasteiger partial charge in [0, 0.05) is 32.6 Å². The lowest BCUT2D eigenvalue weighted by molar-refractivity contribution is -0.344. The molecule has 47 heavy (non-hydrogen) atoms. The van der Waals surface area contributed by atoms with Crippen molar-refractivity contribution in [1.82, 2.24) is 0 Å². The van der Waals surface area contributed by atoms with E-state index in [0.29, 0.717) is 16.5 Å². The molecule has 4 saturated heterocycles. The van der Waals surface area contributed by atoms with Crippen molar-refractivity contribution in [1.29, 1.82) is 0 Å². The third-order valence-electron chi connectivity index (χ3n) is 10.9. The van der Waals surface area contributed by atoms with E-state index in [4.69, 9.17) is 37.9 Å². The number of rotatable bonds is 6. The Balaban J connectivity index is 1.22. The zero-order chi connectivity index (χ0) is 33.6. The van der Waals surface area contributed by atoms with Crippen LogP contribution in [0.15, 0.2) is 12.1 Å². The van der Waals surface area contributed by atoms with E-state index in [2.05, 4.69) is 0 Å². The molecule has 0 saturated carbocycles. The number of methoxy groups -OCH3 is 2. The van der Waals surface area contributed by atoms with E-state index in [1.165, 1.54) is 21.1 Å². The molecular formula is C32H36O15. The molecule has 15 heteroatoms. The molecule has 1 aliphatic carbocycles. The largest absolute Gasteiger partial charge is 0.506 e. The van der Waals surface area contributed by atoms with Gasteiger partial charge < -0.3 is 63.4 Å². The number of epoxide rings is 1. The fraction of sp³-hybridized carbons (Fsp3) is 0.625. The average Bonchev–Trinajstić information content (AvgIpc) is 3.69. The minimum absolute atomic E-state index is 0.000465. The number of phenolic OH excluding ortho intramolecular Hbond substituents is 1. The van der Waals surface area contributed by atoms with Crippen molar-refractivity contribution in [3.05, 3.63) is 34.4 Å². The molecule has 15 nitrogen and oxygen atoms in total. The Morgan fingerprint density at radius 2 is 1.81 bits per heavy atom. The van der Waals surface area contributed by atoms with Crippen molar-refractivity contribution < 1.29 is 73.0 Å². The van der Waals surface area contributed by atoms with Gasteiger partial charge in [0.2, 0.25) is 11.9 Å². The maximum atomic E-state index is 13.4. The second-order valence-corrected chi connectivity index (χ2v) is 13.3. The van der Waals surface area contributed by atoms with Crippen LogP contribution in [-0.4, -0.2) is 118 Å². The summed E-state index contributed by atoms with van der Waals surface area (Å²) in [7, 11) is 2.81. The van der Waals surface area contributed by atoms with Crippen LogP contribution in [0.3, 0.4) is 0 Å². The normalized spacial score (nSPS) is 42.9. The molecule has 254 valence electrons. The number of phenols is 1. The third kappa shape index (κ3) is 3.68. The highest BCUT2D eigenvalue weighted by Crippen LogP contribution is 2.70. The Labute approximate surface area is 267 Å². The van der Waals surface area contributed by atoms with E-state index < -0.39 is 89.3 Å². The number of aromatic hydroxyl groups is 1. The van der Waals surface area contributed by atoms with Gasteiger partial charge >= 0.3 is 0 Å². The summed E-state index contributed by atoms with van der Waals surface area (Å²) in [5.74, 6) is -5.60. The Bertz CT molecular complexity index is 1700. The summed E-state index contributed by atoms with van der Waals surface area (Å²) in [4.78, 5) is 25.5. The van der Waals surface area contributed by atoms with Crippen molar-refractivity contribution in [2.24, 2.45) is 0 Å². The molecule has 5 heterocycles. The number of aliphatic hydroxyl groups is 4. The van der Waals surface area contributed by atoms with E-state index in [-0.39, 0.29) is 41.7 Å². The van der Waals surface area contributed by atoms with Gasteiger partial charge in [0.05, 0.1) is 35.9 Å². The fourth-order valence-corrected chi connectivity index (χ4v) is 8.38. The SMILES string of the molecule is COC(OC)[C@]12O[C@H]3c4c(C)cc5cc6c(c(O)c5c4O[C@](O)([C@H]3O1)C21CO1)C(=O)[C@@H](O)C[C@@H]6O[C@H]1C[C@@H](O)[C@@](O)(C(C)=O)[C@H](C)O1. The lowest BCUT2D eigenvalue weighted by Crippen LogP contribution is -2.69. The number of ether oxygens (including phenoxy) is 8. The Morgan fingerprint density at radius 3 is 2.43 bits per heavy atom. The number of Topliss-reactive ketones (excluding diaryl/α,β-unsaturated/α-hetero) is 2. The molecule has 4 fully saturated rings. The summed E-state index contributed by atoms with van der Waals surface area (Å²) in [5, 5.41) is 56.7. The van der Waals surface area contributed by atoms with Crippen molar-refractivity contribution in [2.75, 3.05) is 20.8 Å². The smallest absolute Gasteiger partial charge is 0.274 e. The molecule has 1 unspecified atom stereocenters. The summed E-state index contributed by atoms with van der Waals surface area (Å²) >= 11 is 0. The van der Waals surface area contributed by atoms with Crippen LogP contribution in [0.1, 0.15) is 65.9 Å². The zero-order valence-corrected chi connectivity index (χ0v) is 26.2. The Morgan fingerprint density at radius 1 is 1.11 bits per heavy atom. The minimum atomic E-state index is -2.12. The van der Waals surface area contributed by atoms with E-state index in [0.717, 1.165) is 6.92 Å². The van der Waals surface area contributed by atoms with E-state index in [1.54, 1.807) is 19.1 Å². The highest BCUT2D eigenvalue weighted by Gasteiger charge is 2.92. The standard InChI is InChI=1S/C32H36O15/c1-11-6-14-7-15-17(44-19-9-18(35)30(38,12(2)33)13(3)43-19)8-16(34)23(36)22(15)24(37)21(14)25-20(11)26-27-31(39,45-25)29(10-42-29)32(46-26,47-27)28(40-4)41-5/h6-7,13,16-19,26-28,34-35,37-39H,8-10H2,1-5H3/t13-,16-,17-,18+,19-,26-,27-,29?,30+,31+,32-/m0/s1. The quantitative estimate of drug-likeness (QED) is 0.208. The first-order valence-electron chi connectivity index (χ1n) is 15.4. The van der Waals surface area contributed by atoms with Crippen LogP contribution in [0.2, 0.25) is 0 Å². The second kappa shape index (κ2) is 9.89. The molecule has 2 aromatic rings. The molecule has 5 N–H and O–H groups in total. The van der Waals surface area contributed by atoms with Gasteiger partial charge in [-0.1, -0.05) is 6.07 Å². The van der Waals surface area contributed by atoms with Crippen molar-refractivity contribution in [3.8, 4) is 11.5 Å². The summed E-state index contributed by atoms with van der Waals surface area (Å²) in [6.07, 6.45) is -9.76. The third-order valence-corrected chi connectivity index (χ3v) is 10.9. The maximum absolute atomic E-state index is 13.4. The lowest BCUT2D eigenvalue weighted by Gasteiger charge is -2.47. The molecule has 8 rings (SSSR count). The van der Waals surface area contributed by atoms with E-state index >= 15 is 0 Å². The minimum Gasteiger partial charge on any atom is -0.506 e. The van der Waals surface area contributed by atoms with Gasteiger partial charge in [-0.2, -0.15) is 0 Å². The first-order chi connectivity index (χ1) is 22.2. The average molecular weight is 661 g/mol. The molecule has 11 atom stereocenters. The molecule has 0 amide bonds. The van der Waals surface area contributed by atoms with Crippen LogP contribution < -0.4 is 4.74 Å². The number of ketones is 2. The van der Waals surface area contributed by atoms with Gasteiger partial charge in [-0.15, -0.1) is 0 Å². The van der Waals surface area contributed by atoms with Gasteiger partial charge in [0.1, 0.15) is 23.7 Å². The first kappa shape index (κ1) is 31.5. The van der Waals surface area contributed by atoms with Crippen molar-refractivity contribution >= 4 is 22.3 Å². The molecule has 1 spiro atoms. The number of hydrogen-bond donors (Lipinski definition) is 5. The summed E-state index contributed by atoms with van der Waals surface area (Å²) in [6.45, 7) is 4.39. The van der Waals surface area contributed by atoms with Crippen molar-refractivity contribution in [2.45, 2.75) is 106 Å². The molecule has 6 aliphatic rings. The highest BCUT2D eigenvalue weighted by molar-refractivity contribution is 6.11. The zero-order valence-electron chi connectivity index (χ0n) is 26.2. The van der Waals surface area contributed by atoms with E-state index in [1.807, 2.05) is 0 Å². The number of fused-ring (bicyclic) bond motifs is 8. The van der Waals surface area contributed by atoms with Crippen molar-refractivity contribution in [3.63, 3.8) is 0 Å². The van der Waals surface area contributed by atoms with Gasteiger partial charge in [-0.3, -0.25) is 9.59 Å². The number of hydrogen-bond acceptors (Lipinski definition) is 15. The van der Waals surface area contributed by atoms with Gasteiger partial charge in [0.15, 0.2) is 29.6 Å². The Hall–Kier alpha value is -2.80. The molecule has 0 aromatic heterocycles. The summed E-state index contributed by atoms with van der Waals surface area (Å²) in [6, 6.07) is 3.40. The molecule has 5 aliphatic heterocycles. The molecular weight excluding hydrogens is 624 g/mol. The number of aryl methyl sites for hydroxylation is 1. The lowest BCUT2D eigenvalue weighted by atomic mass is 9.78. The number of aliphatic hydroxyl groups excluding tert-OH is 2. The van der Waals surface area contributed by atoms with Crippen LogP contribution in [0.4, 0.5) is 0 Å². The fourth-order valence-electron chi connectivity index (χ4n) is 8.38. The second-order valence-electron chi connectivity index (χ2n) is 13.3. The van der Waals surface area contributed by atoms with Gasteiger partial charge in [-0.05, 0) is 43.4 Å². The predicted molar refractivity (Wildman–Crippen MR) is 153 cm³/mol. The summed E-state index contributed by atoms with van der Waals surface area (Å²) < 4.78 is 47.8. The first-order valence-corrected chi connectivity index (χ1v) is 15.4. The van der Waals surface area contributed by atoms with E-state index in [9.17, 15) is 35.1 Å². The summed E-state index contributed by atoms with van der Waals surface area (Å²) in [5.41, 5.74) is -2.46. The maximum Gasteiger partial charge on any atom is 0.274 e. The molecule has 0 radical (unpaired) electrons. The van der Waals surface area contributed by atoms with Crippen LogP contribution in [0.5, 0.6) is 11.5 Å². The predicted octanol–water partition coefficient (Wildman–Crippen LogP) is 0.310. The monoisotopic (exact) mass is 660 g/mol. The number of carbonyl (C=O) groups is 2. The number of benzene rings is 2. The van der Waals surface area contributed by atoms with Gasteiger partial charge in [0.25, 0.3) is 11.6 Å². The highest BCUT2D eigenvalue weighted by atomic mass is 16.9. The van der Waals surface area contributed by atoms with Crippen LogP contribution in [-0.2, 0) is 38.0 Å². The topological polar surface area (TPSA) is 212 Å².